The maximum atomic E-state index is 11.7. The third-order valence-corrected chi connectivity index (χ3v) is 4.05. The maximum Gasteiger partial charge on any atom is 0.337 e. The first kappa shape index (κ1) is 19.9. The van der Waals surface area contributed by atoms with Gasteiger partial charge in [0.1, 0.15) is 5.82 Å². The van der Waals surface area contributed by atoms with Crippen molar-refractivity contribution in [3.8, 4) is 11.5 Å². The Morgan fingerprint density at radius 1 is 0.862 bits per heavy atom. The highest BCUT2D eigenvalue weighted by molar-refractivity contribution is 5.90. The molecule has 0 radical (unpaired) electrons. The fourth-order valence-corrected chi connectivity index (χ4v) is 2.72. The number of esters is 1. The van der Waals surface area contributed by atoms with Gasteiger partial charge in [-0.1, -0.05) is 6.07 Å². The quantitative estimate of drug-likeness (QED) is 0.579. The molecule has 2 N–H and O–H groups in total. The second kappa shape index (κ2) is 8.92. The Labute approximate surface area is 168 Å². The first-order valence-electron chi connectivity index (χ1n) is 8.82. The van der Waals surface area contributed by atoms with Crippen LogP contribution in [0.5, 0.6) is 11.5 Å². The molecule has 0 saturated heterocycles. The van der Waals surface area contributed by atoms with Crippen molar-refractivity contribution in [3.63, 3.8) is 0 Å². The van der Waals surface area contributed by atoms with Gasteiger partial charge in [-0.15, -0.1) is 0 Å². The van der Waals surface area contributed by atoms with Crippen LogP contribution < -0.4 is 20.1 Å². The summed E-state index contributed by atoms with van der Waals surface area (Å²) in [5.74, 6) is 1.85. The van der Waals surface area contributed by atoms with Crippen LogP contribution in [0.25, 0.3) is 0 Å². The van der Waals surface area contributed by atoms with E-state index >= 15 is 0 Å². The molecule has 3 rings (SSSR count). The maximum absolute atomic E-state index is 11.7. The number of carbonyl (C=O) groups is 1. The Hall–Kier alpha value is -3.81. The zero-order chi connectivity index (χ0) is 20.8. The number of ether oxygens (including phenoxy) is 3. The summed E-state index contributed by atoms with van der Waals surface area (Å²) in [5.41, 5.74) is 2.68. The molecule has 0 unspecified atom stereocenters. The van der Waals surface area contributed by atoms with Crippen LogP contribution in [0.4, 0.5) is 23.1 Å². The molecular formula is C21H22N4O4. The van der Waals surface area contributed by atoms with E-state index in [2.05, 4.69) is 20.6 Å². The van der Waals surface area contributed by atoms with Gasteiger partial charge in [-0.2, -0.15) is 4.98 Å². The number of hydrogen-bond acceptors (Lipinski definition) is 8. The van der Waals surface area contributed by atoms with Crippen molar-refractivity contribution >= 4 is 29.1 Å². The molecule has 0 amide bonds. The fraction of sp³-hybridized carbons (Fsp3) is 0.190. The Balaban J connectivity index is 1.83. The molecule has 0 bridgehead atoms. The predicted octanol–water partition coefficient (Wildman–Crippen LogP) is 4.08. The molecule has 8 nitrogen and oxygen atoms in total. The first-order chi connectivity index (χ1) is 14.0. The number of rotatable bonds is 7. The number of anilines is 4. The van der Waals surface area contributed by atoms with E-state index in [1.54, 1.807) is 32.4 Å². The van der Waals surface area contributed by atoms with E-state index in [0.29, 0.717) is 34.5 Å². The van der Waals surface area contributed by atoms with Gasteiger partial charge in [-0.05, 0) is 37.3 Å². The standard InChI is InChI=1S/C21H22N4O4/c1-13-10-19(23-16-8-9-17(27-2)18(12-16)28-3)25-21(22-13)24-15-7-5-6-14(11-15)20(26)29-4/h5-12H,1-4H3,(H2,22,23,24,25). The van der Waals surface area contributed by atoms with Crippen molar-refractivity contribution in [1.82, 2.24) is 9.97 Å². The first-order valence-corrected chi connectivity index (χ1v) is 8.82. The van der Waals surface area contributed by atoms with E-state index in [0.717, 1.165) is 11.4 Å². The molecular weight excluding hydrogens is 372 g/mol. The van der Waals surface area contributed by atoms with Crippen LogP contribution in [0.2, 0.25) is 0 Å². The average Bonchev–Trinajstić information content (AvgIpc) is 2.72. The van der Waals surface area contributed by atoms with Crippen molar-refractivity contribution < 1.29 is 19.0 Å². The van der Waals surface area contributed by atoms with Crippen LogP contribution in [0.15, 0.2) is 48.5 Å². The Bertz CT molecular complexity index is 1020. The van der Waals surface area contributed by atoms with Crippen molar-refractivity contribution in [2.45, 2.75) is 6.92 Å². The highest BCUT2D eigenvalue weighted by Gasteiger charge is 2.09. The highest BCUT2D eigenvalue weighted by atomic mass is 16.5. The zero-order valence-electron chi connectivity index (χ0n) is 16.6. The van der Waals surface area contributed by atoms with Gasteiger partial charge >= 0.3 is 5.97 Å². The molecule has 0 fully saturated rings. The summed E-state index contributed by atoms with van der Waals surface area (Å²) in [6, 6.07) is 14.3. The monoisotopic (exact) mass is 394 g/mol. The molecule has 1 aromatic heterocycles. The highest BCUT2D eigenvalue weighted by Crippen LogP contribution is 2.31. The van der Waals surface area contributed by atoms with Gasteiger partial charge in [0.25, 0.3) is 0 Å². The molecule has 1 heterocycles. The van der Waals surface area contributed by atoms with Crippen LogP contribution in [0.3, 0.4) is 0 Å². The van der Waals surface area contributed by atoms with Crippen molar-refractivity contribution in [2.75, 3.05) is 32.0 Å². The predicted molar refractivity (Wildman–Crippen MR) is 111 cm³/mol. The van der Waals surface area contributed by atoms with Crippen molar-refractivity contribution in [2.24, 2.45) is 0 Å². The number of hydrogen-bond donors (Lipinski definition) is 2. The van der Waals surface area contributed by atoms with E-state index in [1.807, 2.05) is 37.3 Å². The summed E-state index contributed by atoms with van der Waals surface area (Å²) < 4.78 is 15.3. The van der Waals surface area contributed by atoms with Crippen LogP contribution in [0.1, 0.15) is 16.1 Å². The van der Waals surface area contributed by atoms with Gasteiger partial charge in [-0.25, -0.2) is 9.78 Å². The molecule has 0 saturated carbocycles. The van der Waals surface area contributed by atoms with Crippen molar-refractivity contribution in [3.05, 3.63) is 59.8 Å². The summed E-state index contributed by atoms with van der Waals surface area (Å²) >= 11 is 0. The fourth-order valence-electron chi connectivity index (χ4n) is 2.72. The average molecular weight is 394 g/mol. The summed E-state index contributed by atoms with van der Waals surface area (Å²) in [5, 5.41) is 6.35. The lowest BCUT2D eigenvalue weighted by molar-refractivity contribution is 0.0601. The summed E-state index contributed by atoms with van der Waals surface area (Å²) in [6.45, 7) is 1.87. The van der Waals surface area contributed by atoms with Gasteiger partial charge in [0, 0.05) is 29.2 Å². The van der Waals surface area contributed by atoms with Gasteiger partial charge < -0.3 is 24.8 Å². The summed E-state index contributed by atoms with van der Waals surface area (Å²) in [7, 11) is 4.52. The summed E-state index contributed by atoms with van der Waals surface area (Å²) in [4.78, 5) is 20.6. The van der Waals surface area contributed by atoms with E-state index in [-0.39, 0.29) is 0 Å². The summed E-state index contributed by atoms with van der Waals surface area (Å²) in [6.07, 6.45) is 0. The second-order valence-electron chi connectivity index (χ2n) is 6.11. The van der Waals surface area contributed by atoms with Crippen LogP contribution in [-0.2, 0) is 4.74 Å². The Morgan fingerprint density at radius 3 is 2.34 bits per heavy atom. The lowest BCUT2D eigenvalue weighted by atomic mass is 10.2. The van der Waals surface area contributed by atoms with E-state index in [4.69, 9.17) is 14.2 Å². The molecule has 0 aliphatic heterocycles. The molecule has 150 valence electrons. The molecule has 2 aromatic carbocycles. The third-order valence-electron chi connectivity index (χ3n) is 4.05. The minimum Gasteiger partial charge on any atom is -0.493 e. The van der Waals surface area contributed by atoms with Crippen molar-refractivity contribution in [1.29, 1.82) is 0 Å². The van der Waals surface area contributed by atoms with E-state index in [1.165, 1.54) is 7.11 Å². The number of aryl methyl sites for hydroxylation is 1. The molecule has 8 heteroatoms. The van der Waals surface area contributed by atoms with Crippen LogP contribution >= 0.6 is 0 Å². The Kier molecular flexibility index (Phi) is 6.13. The number of carbonyl (C=O) groups excluding carboxylic acids is 1. The minimum atomic E-state index is -0.408. The van der Waals surface area contributed by atoms with Gasteiger partial charge in [0.15, 0.2) is 11.5 Å². The number of aromatic nitrogens is 2. The van der Waals surface area contributed by atoms with Gasteiger partial charge in [-0.3, -0.25) is 0 Å². The van der Waals surface area contributed by atoms with Crippen LogP contribution in [-0.4, -0.2) is 37.3 Å². The zero-order valence-corrected chi connectivity index (χ0v) is 16.6. The van der Waals surface area contributed by atoms with Gasteiger partial charge in [0.2, 0.25) is 5.95 Å². The lowest BCUT2D eigenvalue weighted by Gasteiger charge is -2.12. The number of nitrogens with zero attached hydrogens (tertiary/aromatic N) is 2. The van der Waals surface area contributed by atoms with E-state index in [9.17, 15) is 4.79 Å². The molecule has 0 aliphatic rings. The molecule has 3 aromatic rings. The Morgan fingerprint density at radius 2 is 1.62 bits per heavy atom. The number of benzene rings is 2. The molecule has 0 aliphatic carbocycles. The third kappa shape index (κ3) is 4.92. The minimum absolute atomic E-state index is 0.398. The SMILES string of the molecule is COC(=O)c1cccc(Nc2nc(C)cc(Nc3ccc(OC)c(OC)c3)n2)c1. The smallest absolute Gasteiger partial charge is 0.337 e. The lowest BCUT2D eigenvalue weighted by Crippen LogP contribution is -2.04. The normalized spacial score (nSPS) is 10.2. The second-order valence-corrected chi connectivity index (χ2v) is 6.11. The molecule has 0 spiro atoms. The number of nitrogens with one attached hydrogen (secondary N) is 2. The topological polar surface area (TPSA) is 94.6 Å². The largest absolute Gasteiger partial charge is 0.493 e. The number of methoxy groups -OCH3 is 3. The van der Waals surface area contributed by atoms with Crippen LogP contribution in [0, 0.1) is 6.92 Å². The molecule has 29 heavy (non-hydrogen) atoms. The van der Waals surface area contributed by atoms with E-state index < -0.39 is 5.97 Å². The molecule has 0 atom stereocenters. The van der Waals surface area contributed by atoms with Gasteiger partial charge in [0.05, 0.1) is 26.9 Å².